The summed E-state index contributed by atoms with van der Waals surface area (Å²) in [4.78, 5) is 16.5. The second-order valence-corrected chi connectivity index (χ2v) is 9.74. The number of thiophene rings is 1. The Morgan fingerprint density at radius 2 is 2.22 bits per heavy atom. The van der Waals surface area contributed by atoms with Crippen LogP contribution in [0.3, 0.4) is 0 Å². The molecule has 1 saturated heterocycles. The number of hydrogen-bond acceptors (Lipinski definition) is 6. The summed E-state index contributed by atoms with van der Waals surface area (Å²) >= 11 is 8.15. The third-order valence-corrected chi connectivity index (χ3v) is 7.83. The molecule has 0 bridgehead atoms. The topological polar surface area (TPSA) is 79.4 Å². The molecule has 1 fully saturated rings. The van der Waals surface area contributed by atoms with E-state index in [1.165, 1.54) is 21.7 Å². The van der Waals surface area contributed by atoms with Gasteiger partial charge in [0.15, 0.2) is 5.13 Å². The van der Waals surface area contributed by atoms with Crippen LogP contribution < -0.4 is 5.32 Å². The maximum absolute atomic E-state index is 12.8. The van der Waals surface area contributed by atoms with E-state index in [0.717, 1.165) is 24.2 Å². The highest BCUT2D eigenvalue weighted by Gasteiger charge is 2.38. The molecule has 1 amide bonds. The number of halogens is 1. The molecule has 0 aromatic carbocycles. The van der Waals surface area contributed by atoms with Gasteiger partial charge >= 0.3 is 0 Å². The molecule has 2 aromatic rings. The molecule has 0 radical (unpaired) electrons. The number of amides is 1. The molecule has 3 rings (SSSR count). The minimum Gasteiger partial charge on any atom is -0.301 e. The molecular weight excluding hydrogens is 378 g/mol. The van der Waals surface area contributed by atoms with Crippen LogP contribution in [0.5, 0.6) is 0 Å². The predicted molar refractivity (Wildman–Crippen MR) is 91.6 cm³/mol. The van der Waals surface area contributed by atoms with Crippen molar-refractivity contribution in [3.05, 3.63) is 28.0 Å². The van der Waals surface area contributed by atoms with E-state index >= 15 is 0 Å². The van der Waals surface area contributed by atoms with Gasteiger partial charge in [0, 0.05) is 18.1 Å². The lowest BCUT2D eigenvalue weighted by Gasteiger charge is -2.32. The molecule has 1 aliphatic heterocycles. The van der Waals surface area contributed by atoms with Crippen molar-refractivity contribution in [2.75, 3.05) is 11.9 Å². The first kappa shape index (κ1) is 16.8. The average molecular weight is 392 g/mol. The van der Waals surface area contributed by atoms with Gasteiger partial charge in [-0.15, -0.1) is 22.7 Å². The van der Waals surface area contributed by atoms with Crippen molar-refractivity contribution < 1.29 is 13.2 Å². The van der Waals surface area contributed by atoms with Gasteiger partial charge in [-0.05, 0) is 25.0 Å². The van der Waals surface area contributed by atoms with Crippen molar-refractivity contribution in [2.24, 2.45) is 0 Å². The van der Waals surface area contributed by atoms with Gasteiger partial charge in [0.1, 0.15) is 10.3 Å². The number of aromatic nitrogens is 1. The van der Waals surface area contributed by atoms with Gasteiger partial charge < -0.3 is 5.32 Å². The Labute approximate surface area is 147 Å². The van der Waals surface area contributed by atoms with Crippen molar-refractivity contribution >= 4 is 55.3 Å². The van der Waals surface area contributed by atoms with E-state index in [1.807, 2.05) is 0 Å². The third kappa shape index (κ3) is 3.58. The number of anilines is 1. The van der Waals surface area contributed by atoms with E-state index in [9.17, 15) is 13.2 Å². The Balaban J connectivity index is 1.85. The van der Waals surface area contributed by atoms with E-state index in [2.05, 4.69) is 10.3 Å². The number of hydrogen-bond donors (Lipinski definition) is 1. The minimum absolute atomic E-state index is 0.163. The monoisotopic (exact) mass is 391 g/mol. The Morgan fingerprint density at radius 3 is 2.87 bits per heavy atom. The molecule has 2 aromatic heterocycles. The molecular formula is C13H14ClN3O3S3. The van der Waals surface area contributed by atoms with Crippen molar-refractivity contribution in [3.63, 3.8) is 0 Å². The Kier molecular flexibility index (Phi) is 5.02. The van der Waals surface area contributed by atoms with Gasteiger partial charge in [0.05, 0.1) is 4.34 Å². The van der Waals surface area contributed by atoms with Crippen molar-refractivity contribution in [1.29, 1.82) is 0 Å². The average Bonchev–Trinajstić information content (AvgIpc) is 3.19. The van der Waals surface area contributed by atoms with Crippen LogP contribution >= 0.6 is 34.3 Å². The van der Waals surface area contributed by atoms with Gasteiger partial charge in [-0.25, -0.2) is 13.4 Å². The number of sulfonamides is 1. The van der Waals surface area contributed by atoms with E-state index in [1.54, 1.807) is 17.6 Å². The summed E-state index contributed by atoms with van der Waals surface area (Å²) in [5.74, 6) is -0.342. The molecule has 0 aliphatic carbocycles. The van der Waals surface area contributed by atoms with Crippen LogP contribution in [0.1, 0.15) is 19.3 Å². The second-order valence-electron chi connectivity index (χ2n) is 5.01. The Hall–Kier alpha value is -1.000. The van der Waals surface area contributed by atoms with Crippen molar-refractivity contribution in [1.82, 2.24) is 9.29 Å². The fraction of sp³-hybridized carbons (Fsp3) is 0.385. The molecule has 1 atom stereocenters. The van der Waals surface area contributed by atoms with Crippen LogP contribution in [0, 0.1) is 0 Å². The lowest BCUT2D eigenvalue weighted by atomic mass is 10.0. The van der Waals surface area contributed by atoms with Crippen LogP contribution in [-0.4, -0.2) is 36.2 Å². The fourth-order valence-corrected chi connectivity index (χ4v) is 6.28. The molecule has 23 heavy (non-hydrogen) atoms. The fourth-order valence-electron chi connectivity index (χ4n) is 2.48. The van der Waals surface area contributed by atoms with E-state index in [0.29, 0.717) is 22.4 Å². The lowest BCUT2D eigenvalue weighted by molar-refractivity contribution is -0.120. The third-order valence-electron chi connectivity index (χ3n) is 3.53. The van der Waals surface area contributed by atoms with Gasteiger partial charge in [-0.3, -0.25) is 4.79 Å². The zero-order valence-electron chi connectivity index (χ0n) is 11.9. The number of rotatable bonds is 4. The molecule has 6 nitrogen and oxygen atoms in total. The quantitative estimate of drug-likeness (QED) is 0.868. The highest BCUT2D eigenvalue weighted by Crippen LogP contribution is 2.32. The summed E-state index contributed by atoms with van der Waals surface area (Å²) in [7, 11) is -3.72. The number of nitrogens with one attached hydrogen (secondary N) is 1. The van der Waals surface area contributed by atoms with E-state index in [4.69, 9.17) is 11.6 Å². The number of carbonyl (C=O) groups excluding carboxylic acids is 1. The second kappa shape index (κ2) is 6.86. The lowest BCUT2D eigenvalue weighted by Crippen LogP contribution is -2.49. The molecule has 124 valence electrons. The van der Waals surface area contributed by atoms with Gasteiger partial charge in [0.2, 0.25) is 5.91 Å². The predicted octanol–water partition coefficient (Wildman–Crippen LogP) is 3.04. The molecule has 1 aliphatic rings. The molecule has 0 spiro atoms. The summed E-state index contributed by atoms with van der Waals surface area (Å²) in [6.07, 6.45) is 3.63. The molecule has 3 heterocycles. The van der Waals surface area contributed by atoms with Crippen LogP contribution in [-0.2, 0) is 14.8 Å². The summed E-state index contributed by atoms with van der Waals surface area (Å²) in [6, 6.07) is 2.30. The van der Waals surface area contributed by atoms with Gasteiger partial charge in [-0.1, -0.05) is 18.0 Å². The number of piperidine rings is 1. The largest absolute Gasteiger partial charge is 0.301 e. The number of thiazole rings is 1. The van der Waals surface area contributed by atoms with Crippen LogP contribution in [0.15, 0.2) is 27.9 Å². The summed E-state index contributed by atoms with van der Waals surface area (Å²) in [6.45, 7) is 0.327. The van der Waals surface area contributed by atoms with E-state index < -0.39 is 16.1 Å². The van der Waals surface area contributed by atoms with Gasteiger partial charge in [-0.2, -0.15) is 4.31 Å². The minimum atomic E-state index is -3.72. The van der Waals surface area contributed by atoms with E-state index in [-0.39, 0.29) is 10.1 Å². The smallest absolute Gasteiger partial charge is 0.253 e. The summed E-state index contributed by atoms with van der Waals surface area (Å²) in [5.41, 5.74) is 0. The first-order valence-electron chi connectivity index (χ1n) is 6.96. The SMILES string of the molecule is O=C(Nc1nccs1)[C@@H]1CCCCN1S(=O)(=O)c1ccc(Cl)s1. The van der Waals surface area contributed by atoms with Crippen LogP contribution in [0.4, 0.5) is 5.13 Å². The first-order valence-corrected chi connectivity index (χ1v) is 10.5. The maximum atomic E-state index is 12.8. The Morgan fingerprint density at radius 1 is 1.39 bits per heavy atom. The molecule has 0 unspecified atom stereocenters. The molecule has 1 N–H and O–H groups in total. The molecule has 10 heteroatoms. The van der Waals surface area contributed by atoms with Gasteiger partial charge in [0.25, 0.3) is 10.0 Å². The van der Waals surface area contributed by atoms with Crippen molar-refractivity contribution in [3.8, 4) is 0 Å². The number of carbonyl (C=O) groups is 1. The zero-order chi connectivity index (χ0) is 16.4. The highest BCUT2D eigenvalue weighted by atomic mass is 35.5. The zero-order valence-corrected chi connectivity index (χ0v) is 15.1. The number of nitrogens with zero attached hydrogens (tertiary/aromatic N) is 2. The van der Waals surface area contributed by atoms with Crippen molar-refractivity contribution in [2.45, 2.75) is 29.5 Å². The Bertz CT molecular complexity index is 789. The first-order chi connectivity index (χ1) is 11.0. The van der Waals surface area contributed by atoms with Crippen LogP contribution in [0.25, 0.3) is 0 Å². The standard InChI is InChI=1S/C13H14ClN3O3S3/c14-10-4-5-11(22-10)23(19,20)17-7-2-1-3-9(17)12(18)16-13-15-6-8-21-13/h4-6,8-9H,1-3,7H2,(H,15,16,18)/t9-/m0/s1. The molecule has 0 saturated carbocycles. The summed E-state index contributed by atoms with van der Waals surface area (Å²) in [5, 5.41) is 4.91. The van der Waals surface area contributed by atoms with Crippen LogP contribution in [0.2, 0.25) is 4.34 Å². The summed E-state index contributed by atoms with van der Waals surface area (Å²) < 4.78 is 27.5. The maximum Gasteiger partial charge on any atom is 0.253 e. The normalized spacial score (nSPS) is 19.6. The highest BCUT2D eigenvalue weighted by molar-refractivity contribution is 7.91.